The van der Waals surface area contributed by atoms with Crippen molar-refractivity contribution >= 4 is 51.2 Å². The van der Waals surface area contributed by atoms with E-state index in [1.165, 1.54) is 30.5 Å². The highest BCUT2D eigenvalue weighted by Crippen LogP contribution is 2.20. The number of hydrogen-bond donors (Lipinski definition) is 3. The highest BCUT2D eigenvalue weighted by molar-refractivity contribution is 9.10. The van der Waals surface area contributed by atoms with Crippen LogP contribution in [0.4, 0.5) is 20.2 Å². The van der Waals surface area contributed by atoms with E-state index in [-0.39, 0.29) is 17.1 Å². The first kappa shape index (κ1) is 24.5. The summed E-state index contributed by atoms with van der Waals surface area (Å²) >= 11 is 3.14. The van der Waals surface area contributed by atoms with Gasteiger partial charge in [0, 0.05) is 15.7 Å². The third-order valence-electron chi connectivity index (χ3n) is 4.16. The number of benzene rings is 3. The zero-order valence-corrected chi connectivity index (χ0v) is 18.9. The largest absolute Gasteiger partial charge is 0.483 e. The quantitative estimate of drug-likeness (QED) is 0.245. The van der Waals surface area contributed by atoms with Crippen LogP contribution in [0.25, 0.3) is 0 Å². The fraction of sp³-hybridized carbons (Fsp3) is 0.0435. The van der Waals surface area contributed by atoms with E-state index >= 15 is 0 Å². The summed E-state index contributed by atoms with van der Waals surface area (Å²) in [4.78, 5) is 35.9. The van der Waals surface area contributed by atoms with Crippen LogP contribution < -0.4 is 20.8 Å². The van der Waals surface area contributed by atoms with Crippen molar-refractivity contribution in [2.45, 2.75) is 0 Å². The molecule has 0 fully saturated rings. The molecule has 0 aliphatic rings. The van der Waals surface area contributed by atoms with Crippen molar-refractivity contribution in [3.8, 4) is 5.75 Å². The molecule has 174 valence electrons. The third kappa shape index (κ3) is 7.20. The Labute approximate surface area is 201 Å². The van der Waals surface area contributed by atoms with Crippen molar-refractivity contribution in [3.63, 3.8) is 0 Å². The number of nitrogens with one attached hydrogen (secondary N) is 3. The normalized spacial score (nSPS) is 10.6. The summed E-state index contributed by atoms with van der Waals surface area (Å²) in [5, 5.41) is 8.42. The first-order valence-electron chi connectivity index (χ1n) is 9.68. The summed E-state index contributed by atoms with van der Waals surface area (Å²) < 4.78 is 32.8. The van der Waals surface area contributed by atoms with Gasteiger partial charge < -0.3 is 15.4 Å². The number of carbonyl (C=O) groups excluding carboxylic acids is 3. The molecule has 0 atom stereocenters. The molecule has 8 nitrogen and oxygen atoms in total. The Bertz CT molecular complexity index is 1240. The van der Waals surface area contributed by atoms with Crippen molar-refractivity contribution in [2.75, 3.05) is 17.2 Å². The average molecular weight is 531 g/mol. The van der Waals surface area contributed by atoms with Gasteiger partial charge in [0.25, 0.3) is 5.91 Å². The number of halogens is 3. The summed E-state index contributed by atoms with van der Waals surface area (Å²) in [6.07, 6.45) is 1.23. The van der Waals surface area contributed by atoms with Gasteiger partial charge in [-0.25, -0.2) is 14.2 Å². The van der Waals surface area contributed by atoms with Crippen LogP contribution in [0.15, 0.2) is 76.3 Å². The molecule has 3 N–H and O–H groups in total. The van der Waals surface area contributed by atoms with Crippen molar-refractivity contribution in [2.24, 2.45) is 5.10 Å². The molecule has 3 aromatic rings. The number of hydrogen-bond acceptors (Lipinski definition) is 5. The fourth-order valence-electron chi connectivity index (χ4n) is 2.57. The molecule has 0 unspecified atom stereocenters. The Morgan fingerprint density at radius 1 is 0.941 bits per heavy atom. The minimum Gasteiger partial charge on any atom is -0.483 e. The molecule has 0 spiro atoms. The van der Waals surface area contributed by atoms with E-state index in [9.17, 15) is 23.2 Å². The number of amides is 3. The molecule has 3 amide bonds. The molecule has 0 saturated carbocycles. The molecule has 11 heteroatoms. The number of rotatable bonds is 7. The van der Waals surface area contributed by atoms with Gasteiger partial charge in [0.15, 0.2) is 6.61 Å². The molecule has 0 radical (unpaired) electrons. The number of carbonyl (C=O) groups is 3. The fourth-order valence-corrected chi connectivity index (χ4v) is 2.90. The van der Waals surface area contributed by atoms with Crippen molar-refractivity contribution in [3.05, 3.63) is 88.4 Å². The van der Waals surface area contributed by atoms with Crippen LogP contribution in [-0.4, -0.2) is 30.5 Å². The molecule has 0 aliphatic carbocycles. The van der Waals surface area contributed by atoms with Crippen LogP contribution in [0, 0.1) is 11.6 Å². The lowest BCUT2D eigenvalue weighted by molar-refractivity contribution is -0.136. The summed E-state index contributed by atoms with van der Waals surface area (Å²) in [5.41, 5.74) is 2.72. The van der Waals surface area contributed by atoms with Gasteiger partial charge in [-0.2, -0.15) is 5.10 Å². The molecule has 3 rings (SSSR count). The molecule has 34 heavy (non-hydrogen) atoms. The predicted octanol–water partition coefficient (Wildman–Crippen LogP) is 3.83. The Morgan fingerprint density at radius 2 is 1.68 bits per heavy atom. The van der Waals surface area contributed by atoms with Gasteiger partial charge in [-0.15, -0.1) is 0 Å². The summed E-state index contributed by atoms with van der Waals surface area (Å²) in [7, 11) is 0. The van der Waals surface area contributed by atoms with Crippen LogP contribution in [0.5, 0.6) is 5.75 Å². The van der Waals surface area contributed by atoms with E-state index in [0.717, 1.165) is 12.1 Å². The number of para-hydroxylation sites is 1. The maximum absolute atomic E-state index is 13.9. The summed E-state index contributed by atoms with van der Waals surface area (Å²) in [6.45, 7) is -0.410. The number of anilines is 2. The Balaban J connectivity index is 1.53. The standard InChI is InChI=1S/C23H17BrF2N4O4/c24-15-5-10-19(18(26)11-15)29-21(31)13-34-20-4-2-1-3-14(20)12-27-30-23(33)22(32)28-17-8-6-16(25)7-9-17/h1-12H,13H2,(H,28,32)(H,29,31)(H,30,33)/b27-12-. The van der Waals surface area contributed by atoms with Gasteiger partial charge in [0.2, 0.25) is 0 Å². The van der Waals surface area contributed by atoms with E-state index in [1.54, 1.807) is 30.3 Å². The van der Waals surface area contributed by atoms with Crippen LogP contribution in [0.3, 0.4) is 0 Å². The Morgan fingerprint density at radius 3 is 2.41 bits per heavy atom. The topological polar surface area (TPSA) is 109 Å². The molecular formula is C23H17BrF2N4O4. The number of hydrazone groups is 1. The molecule has 0 aliphatic heterocycles. The van der Waals surface area contributed by atoms with Crippen molar-refractivity contribution in [1.82, 2.24) is 5.43 Å². The maximum Gasteiger partial charge on any atom is 0.329 e. The first-order valence-corrected chi connectivity index (χ1v) is 10.5. The van der Waals surface area contributed by atoms with E-state index in [0.29, 0.717) is 10.0 Å². The Kier molecular flexibility index (Phi) is 8.41. The van der Waals surface area contributed by atoms with Gasteiger partial charge >= 0.3 is 11.8 Å². The monoisotopic (exact) mass is 530 g/mol. The molecular weight excluding hydrogens is 514 g/mol. The van der Waals surface area contributed by atoms with E-state index in [4.69, 9.17) is 4.74 Å². The first-order chi connectivity index (χ1) is 16.3. The SMILES string of the molecule is O=C(COc1ccccc1/C=N\NC(=O)C(=O)Nc1ccc(F)cc1)Nc1ccc(Br)cc1F. The van der Waals surface area contributed by atoms with Crippen LogP contribution >= 0.6 is 15.9 Å². The highest BCUT2D eigenvalue weighted by Gasteiger charge is 2.13. The predicted molar refractivity (Wildman–Crippen MR) is 125 cm³/mol. The average Bonchev–Trinajstić information content (AvgIpc) is 2.81. The van der Waals surface area contributed by atoms with E-state index in [2.05, 4.69) is 37.1 Å². The van der Waals surface area contributed by atoms with Crippen LogP contribution in [0.2, 0.25) is 0 Å². The van der Waals surface area contributed by atoms with Gasteiger partial charge in [0.05, 0.1) is 11.9 Å². The lowest BCUT2D eigenvalue weighted by Gasteiger charge is -2.10. The van der Waals surface area contributed by atoms with Gasteiger partial charge in [-0.3, -0.25) is 14.4 Å². The molecule has 0 saturated heterocycles. The van der Waals surface area contributed by atoms with Crippen LogP contribution in [-0.2, 0) is 14.4 Å². The second-order valence-corrected chi connectivity index (χ2v) is 7.57. The second kappa shape index (κ2) is 11.7. The highest BCUT2D eigenvalue weighted by atomic mass is 79.9. The molecule has 0 bridgehead atoms. The smallest absolute Gasteiger partial charge is 0.329 e. The minimum absolute atomic E-state index is 0.00766. The minimum atomic E-state index is -1.05. The Hall–Kier alpha value is -4.12. The van der Waals surface area contributed by atoms with Gasteiger partial charge in [0.1, 0.15) is 17.4 Å². The lowest BCUT2D eigenvalue weighted by Crippen LogP contribution is -2.32. The van der Waals surface area contributed by atoms with E-state index < -0.39 is 36.0 Å². The molecule has 0 aromatic heterocycles. The third-order valence-corrected chi connectivity index (χ3v) is 4.65. The van der Waals surface area contributed by atoms with Gasteiger partial charge in [-0.05, 0) is 54.6 Å². The number of ether oxygens (including phenoxy) is 1. The zero-order chi connectivity index (χ0) is 24.5. The number of nitrogens with zero attached hydrogens (tertiary/aromatic N) is 1. The van der Waals surface area contributed by atoms with Crippen LogP contribution in [0.1, 0.15) is 5.56 Å². The van der Waals surface area contributed by atoms with Crippen molar-refractivity contribution < 1.29 is 27.9 Å². The molecule has 3 aromatic carbocycles. The van der Waals surface area contributed by atoms with Gasteiger partial charge in [-0.1, -0.05) is 28.1 Å². The lowest BCUT2D eigenvalue weighted by atomic mass is 10.2. The summed E-state index contributed by atoms with van der Waals surface area (Å²) in [5.74, 6) is -3.44. The van der Waals surface area contributed by atoms with E-state index in [1.807, 2.05) is 0 Å². The maximum atomic E-state index is 13.9. The zero-order valence-electron chi connectivity index (χ0n) is 17.3. The van der Waals surface area contributed by atoms with Crippen molar-refractivity contribution in [1.29, 1.82) is 0 Å². The molecule has 0 heterocycles. The summed E-state index contributed by atoms with van der Waals surface area (Å²) in [6, 6.07) is 15.6. The second-order valence-electron chi connectivity index (χ2n) is 6.66.